The summed E-state index contributed by atoms with van der Waals surface area (Å²) in [6.07, 6.45) is 0. The summed E-state index contributed by atoms with van der Waals surface area (Å²) in [4.78, 5) is 29.2. The minimum absolute atomic E-state index is 0.0555. The van der Waals surface area contributed by atoms with E-state index in [9.17, 15) is 18.4 Å². The molecular weight excluding hydrogens is 450 g/mol. The topological polar surface area (TPSA) is 106 Å². The average Bonchev–Trinajstić information content (AvgIpc) is 3.26. The van der Waals surface area contributed by atoms with Crippen LogP contribution >= 0.6 is 23.1 Å². The summed E-state index contributed by atoms with van der Waals surface area (Å²) < 4.78 is 33.7. The lowest BCUT2D eigenvalue weighted by molar-refractivity contribution is -0.114. The van der Waals surface area contributed by atoms with E-state index in [1.807, 2.05) is 6.92 Å². The second-order valence-corrected chi connectivity index (χ2v) is 8.43. The smallest absolute Gasteiger partial charge is 0.387 e. The summed E-state index contributed by atoms with van der Waals surface area (Å²) in [7, 11) is 0. The zero-order valence-electron chi connectivity index (χ0n) is 16.5. The number of thiazole rings is 1. The Hall–Kier alpha value is -2.99. The number of thioether (sulfide) groups is 1. The van der Waals surface area contributed by atoms with Crippen molar-refractivity contribution in [2.24, 2.45) is 0 Å². The molecule has 0 aliphatic heterocycles. The number of carbonyl (C=O) groups is 2. The number of ether oxygens (including phenoxy) is 1. The molecule has 1 aromatic carbocycles. The number of aryl methyl sites for hydroxylation is 2. The van der Waals surface area contributed by atoms with Crippen LogP contribution in [0, 0.1) is 13.8 Å². The number of halogens is 2. The predicted octanol–water partition coefficient (Wildman–Crippen LogP) is 4.33. The van der Waals surface area contributed by atoms with E-state index in [0.29, 0.717) is 28.0 Å². The predicted molar refractivity (Wildman–Crippen MR) is 115 cm³/mol. The van der Waals surface area contributed by atoms with Gasteiger partial charge in [0.2, 0.25) is 11.8 Å². The van der Waals surface area contributed by atoms with Gasteiger partial charge in [0.05, 0.1) is 17.2 Å². The van der Waals surface area contributed by atoms with Gasteiger partial charge >= 0.3 is 6.61 Å². The van der Waals surface area contributed by atoms with Gasteiger partial charge in [-0.25, -0.2) is 4.98 Å². The number of hydrogen-bond acceptors (Lipinski definition) is 8. The number of aromatic nitrogens is 2. The fourth-order valence-electron chi connectivity index (χ4n) is 2.51. The van der Waals surface area contributed by atoms with Crippen LogP contribution in [-0.2, 0) is 9.59 Å². The maximum Gasteiger partial charge on any atom is 0.387 e. The van der Waals surface area contributed by atoms with Gasteiger partial charge in [0, 0.05) is 16.5 Å². The first kappa shape index (κ1) is 22.7. The highest BCUT2D eigenvalue weighted by molar-refractivity contribution is 8.00. The van der Waals surface area contributed by atoms with E-state index in [1.54, 1.807) is 25.1 Å². The lowest BCUT2D eigenvalue weighted by Gasteiger charge is -2.05. The van der Waals surface area contributed by atoms with Crippen molar-refractivity contribution < 1.29 is 27.6 Å². The molecule has 8 nitrogen and oxygen atoms in total. The molecule has 12 heteroatoms. The lowest BCUT2D eigenvalue weighted by atomic mass is 10.1. The number of hydrogen-bond donors (Lipinski definition) is 2. The number of alkyl halides is 2. The molecule has 0 saturated carbocycles. The van der Waals surface area contributed by atoms with Crippen molar-refractivity contribution in [3.63, 3.8) is 0 Å². The Bertz CT molecular complexity index is 1050. The normalized spacial score (nSPS) is 10.9. The van der Waals surface area contributed by atoms with Gasteiger partial charge in [0.15, 0.2) is 10.9 Å². The minimum atomic E-state index is -2.89. The van der Waals surface area contributed by atoms with E-state index in [-0.39, 0.29) is 29.1 Å². The van der Waals surface area contributed by atoms with Crippen LogP contribution in [0.2, 0.25) is 0 Å². The third kappa shape index (κ3) is 6.76. The molecule has 31 heavy (non-hydrogen) atoms. The quantitative estimate of drug-likeness (QED) is 0.481. The maximum absolute atomic E-state index is 12.3. The summed E-state index contributed by atoms with van der Waals surface area (Å²) in [6.45, 7) is 0.672. The van der Waals surface area contributed by atoms with Crippen LogP contribution in [0.3, 0.4) is 0 Å². The van der Waals surface area contributed by atoms with E-state index in [1.165, 1.54) is 23.5 Å². The van der Waals surface area contributed by atoms with Crippen LogP contribution in [0.4, 0.5) is 19.7 Å². The van der Waals surface area contributed by atoms with Crippen LogP contribution in [0.25, 0.3) is 11.3 Å². The Morgan fingerprint density at radius 3 is 2.45 bits per heavy atom. The third-order valence-corrected chi connectivity index (χ3v) is 5.58. The number of amides is 2. The summed E-state index contributed by atoms with van der Waals surface area (Å²) >= 11 is 2.44. The Morgan fingerprint density at radius 1 is 1.16 bits per heavy atom. The molecule has 0 bridgehead atoms. The first-order valence-corrected chi connectivity index (χ1v) is 10.9. The van der Waals surface area contributed by atoms with E-state index in [0.717, 1.165) is 16.6 Å². The number of carbonyl (C=O) groups excluding carboxylic acids is 2. The molecular formula is C19H18F2N4O4S2. The molecule has 0 aliphatic carbocycles. The standard InChI is InChI=1S/C19H18F2N4O4S2/c1-10-7-14(25-29-10)22-15(26)8-30-9-16(27)23-19-24-17(11(2)31-19)12-3-5-13(6-4-12)28-18(20)21/h3-7,18H,8-9H2,1-2H3,(H,22,25,26)(H,23,24,27). The van der Waals surface area contributed by atoms with Gasteiger partial charge in [0.25, 0.3) is 0 Å². The van der Waals surface area contributed by atoms with Gasteiger partial charge in [0.1, 0.15) is 11.5 Å². The number of anilines is 2. The van der Waals surface area contributed by atoms with E-state index < -0.39 is 6.61 Å². The Balaban J connectivity index is 1.49. The monoisotopic (exact) mass is 468 g/mol. The van der Waals surface area contributed by atoms with Gasteiger partial charge in [-0.05, 0) is 38.1 Å². The highest BCUT2D eigenvalue weighted by Crippen LogP contribution is 2.31. The average molecular weight is 469 g/mol. The summed E-state index contributed by atoms with van der Waals surface area (Å²) in [5.41, 5.74) is 1.35. The number of nitrogens with one attached hydrogen (secondary N) is 2. The summed E-state index contributed by atoms with van der Waals surface area (Å²) in [5.74, 6) is 0.520. The van der Waals surface area contributed by atoms with Gasteiger partial charge in [-0.15, -0.1) is 23.1 Å². The molecule has 0 aliphatic rings. The Kier molecular flexibility index (Phi) is 7.58. The maximum atomic E-state index is 12.3. The first-order valence-electron chi connectivity index (χ1n) is 8.93. The van der Waals surface area contributed by atoms with Crippen LogP contribution in [0.15, 0.2) is 34.9 Å². The van der Waals surface area contributed by atoms with E-state index in [4.69, 9.17) is 4.52 Å². The highest BCUT2D eigenvalue weighted by Gasteiger charge is 2.14. The van der Waals surface area contributed by atoms with Crippen molar-refractivity contribution in [2.75, 3.05) is 22.1 Å². The Morgan fingerprint density at radius 2 is 1.84 bits per heavy atom. The highest BCUT2D eigenvalue weighted by atomic mass is 32.2. The fourth-order valence-corrected chi connectivity index (χ4v) is 3.98. The van der Waals surface area contributed by atoms with Crippen molar-refractivity contribution in [1.82, 2.24) is 10.1 Å². The summed E-state index contributed by atoms with van der Waals surface area (Å²) in [5, 5.41) is 9.35. The zero-order chi connectivity index (χ0) is 22.4. The number of nitrogens with zero attached hydrogens (tertiary/aromatic N) is 2. The molecule has 0 spiro atoms. The molecule has 3 aromatic rings. The van der Waals surface area contributed by atoms with E-state index in [2.05, 4.69) is 25.5 Å². The van der Waals surface area contributed by atoms with Gasteiger partial charge in [-0.1, -0.05) is 5.16 Å². The molecule has 2 aromatic heterocycles. The molecule has 0 saturated heterocycles. The number of rotatable bonds is 9. The SMILES string of the molecule is Cc1cc(NC(=O)CSCC(=O)Nc2nc(-c3ccc(OC(F)F)cc3)c(C)s2)no1. The van der Waals surface area contributed by atoms with Crippen molar-refractivity contribution in [2.45, 2.75) is 20.5 Å². The zero-order valence-corrected chi connectivity index (χ0v) is 18.1. The van der Waals surface area contributed by atoms with E-state index >= 15 is 0 Å². The largest absolute Gasteiger partial charge is 0.435 e. The van der Waals surface area contributed by atoms with Crippen molar-refractivity contribution in [1.29, 1.82) is 0 Å². The van der Waals surface area contributed by atoms with Gasteiger partial charge in [-0.3, -0.25) is 9.59 Å². The van der Waals surface area contributed by atoms with Gasteiger partial charge < -0.3 is 19.9 Å². The lowest BCUT2D eigenvalue weighted by Crippen LogP contribution is -2.18. The van der Waals surface area contributed by atoms with Crippen LogP contribution in [-0.4, -0.2) is 40.1 Å². The van der Waals surface area contributed by atoms with Crippen LogP contribution in [0.5, 0.6) is 5.75 Å². The molecule has 2 N–H and O–H groups in total. The molecule has 0 atom stereocenters. The molecule has 164 valence electrons. The molecule has 0 unspecified atom stereocenters. The Labute approximate surface area is 184 Å². The number of benzene rings is 1. The second kappa shape index (κ2) is 10.4. The molecule has 2 heterocycles. The first-order chi connectivity index (χ1) is 14.8. The fraction of sp³-hybridized carbons (Fsp3) is 0.263. The molecule has 0 fully saturated rings. The second-order valence-electron chi connectivity index (χ2n) is 6.24. The van der Waals surface area contributed by atoms with Crippen molar-refractivity contribution in [3.05, 3.63) is 41.0 Å². The van der Waals surface area contributed by atoms with Crippen molar-refractivity contribution >= 4 is 45.9 Å². The molecule has 3 rings (SSSR count). The van der Waals surface area contributed by atoms with Gasteiger partial charge in [-0.2, -0.15) is 8.78 Å². The minimum Gasteiger partial charge on any atom is -0.435 e. The summed E-state index contributed by atoms with van der Waals surface area (Å²) in [6, 6.07) is 7.70. The van der Waals surface area contributed by atoms with Crippen molar-refractivity contribution in [3.8, 4) is 17.0 Å². The molecule has 0 radical (unpaired) electrons. The molecule has 2 amide bonds. The third-order valence-electron chi connectivity index (χ3n) is 3.76. The van der Waals surface area contributed by atoms with Crippen LogP contribution < -0.4 is 15.4 Å². The van der Waals surface area contributed by atoms with Crippen LogP contribution in [0.1, 0.15) is 10.6 Å².